The van der Waals surface area contributed by atoms with E-state index in [4.69, 9.17) is 39.5 Å². The first kappa shape index (κ1) is 64.5. The Morgan fingerprint density at radius 3 is 1.41 bits per heavy atom. The largest absolute Gasteiger partial charge is 1.00 e. The van der Waals surface area contributed by atoms with Crippen LogP contribution in [0.5, 0.6) is 17.2 Å². The second-order valence-electron chi connectivity index (χ2n) is 16.7. The number of benzene rings is 6. The fourth-order valence-corrected chi connectivity index (χ4v) is 8.43. The summed E-state index contributed by atoms with van der Waals surface area (Å²) in [7, 11) is 0. The minimum Gasteiger partial charge on any atom is -1.00 e. The van der Waals surface area contributed by atoms with E-state index in [0.717, 1.165) is 39.5 Å². The van der Waals surface area contributed by atoms with Crippen LogP contribution in [-0.2, 0) is 19.2 Å². The van der Waals surface area contributed by atoms with E-state index in [2.05, 4.69) is 26.1 Å². The maximum Gasteiger partial charge on any atom is 1.00 e. The SMILES string of the molecule is NC(=O)OC1=C(c2ccccc2)Oc2ccccc2-n2cccc21.O=C(NCC[18F])OC1=C(c2ccccc2)Oc2ccccc2-n2cccc21.O=C1c2cccn2-c2ccccc2OC1c1ccccc1.O=CO[O-].[18F]CCBr.[H-].[K+].[K+]. The van der Waals surface area contributed by atoms with Gasteiger partial charge in [-0.3, -0.25) is 14.0 Å². The molecule has 0 saturated heterocycles. The van der Waals surface area contributed by atoms with E-state index in [1.54, 1.807) is 0 Å². The topological polar surface area (TPSA) is 200 Å². The van der Waals surface area contributed by atoms with Gasteiger partial charge >= 0.3 is 115 Å². The number of nitrogens with one attached hydrogen (secondary N) is 1. The molecule has 0 radical (unpaired) electrons. The Morgan fingerprint density at radius 2 is 0.976 bits per heavy atom. The summed E-state index contributed by atoms with van der Waals surface area (Å²) in [6, 6.07) is 62.6. The molecule has 3 aliphatic heterocycles. The zero-order chi connectivity index (χ0) is 56.2. The predicted octanol–water partition coefficient (Wildman–Crippen LogP) is 5.88. The van der Waals surface area contributed by atoms with Crippen LogP contribution in [0, 0.1) is 0 Å². The molecule has 1 atom stereocenters. The van der Waals surface area contributed by atoms with Crippen molar-refractivity contribution in [1.29, 1.82) is 0 Å². The molecule has 2 amide bonds. The fraction of sp³-hybridized carbons (Fsp3) is 0.0820. The number of nitrogens with zero attached hydrogens (tertiary/aromatic N) is 3. The Morgan fingerprint density at radius 1 is 0.585 bits per heavy atom. The molecule has 0 bridgehead atoms. The van der Waals surface area contributed by atoms with Gasteiger partial charge in [-0.15, -0.1) is 0 Å². The molecule has 408 valence electrons. The summed E-state index contributed by atoms with van der Waals surface area (Å²) in [5.41, 5.74) is 12.3. The summed E-state index contributed by atoms with van der Waals surface area (Å²) in [5.74, 6) is 3.40. The van der Waals surface area contributed by atoms with Gasteiger partial charge < -0.3 is 60.0 Å². The Balaban J connectivity index is 0.000000211. The Labute approximate surface area is 565 Å². The second kappa shape index (κ2) is 32.8. The van der Waals surface area contributed by atoms with Gasteiger partial charge in [-0.05, 0) is 72.8 Å². The summed E-state index contributed by atoms with van der Waals surface area (Å²) in [5, 5.41) is 11.3. The maximum absolute atomic E-state index is 12.8. The van der Waals surface area contributed by atoms with Crippen molar-refractivity contribution in [1.82, 2.24) is 19.0 Å². The van der Waals surface area contributed by atoms with E-state index in [-0.39, 0.29) is 141 Å². The van der Waals surface area contributed by atoms with Gasteiger partial charge in [-0.2, -0.15) is 0 Å². The number of alkyl carbamates (subject to hydrolysis) is 1. The van der Waals surface area contributed by atoms with Gasteiger partial charge in [0, 0.05) is 47.2 Å². The summed E-state index contributed by atoms with van der Waals surface area (Å²) in [4.78, 5) is 47.7. The van der Waals surface area contributed by atoms with Crippen molar-refractivity contribution < 1.29 is 166 Å². The van der Waals surface area contributed by atoms with E-state index >= 15 is 0 Å². The molecule has 21 heteroatoms. The molecule has 6 heterocycles. The number of halogens is 3. The van der Waals surface area contributed by atoms with Gasteiger partial charge in [0.1, 0.15) is 12.4 Å². The number of aromatic nitrogens is 3. The second-order valence-corrected chi connectivity index (χ2v) is 17.5. The number of ketones is 1. The number of hydrogen-bond acceptors (Lipinski definition) is 11. The molecule has 0 saturated carbocycles. The monoisotopic (exact) mass is 1220 g/mol. The van der Waals surface area contributed by atoms with Crippen molar-refractivity contribution in [2.24, 2.45) is 5.73 Å². The predicted molar refractivity (Wildman–Crippen MR) is 298 cm³/mol. The molecule has 3 N–H and O–H groups in total. The van der Waals surface area contributed by atoms with Crippen LogP contribution in [0.15, 0.2) is 219 Å². The zero-order valence-corrected chi connectivity index (χ0v) is 52.1. The first-order valence-corrected chi connectivity index (χ1v) is 25.7. The van der Waals surface area contributed by atoms with Crippen LogP contribution in [0.1, 0.15) is 46.1 Å². The molecule has 6 aromatic carbocycles. The Hall–Kier alpha value is -6.71. The van der Waals surface area contributed by atoms with Crippen molar-refractivity contribution in [2.75, 3.05) is 25.2 Å². The van der Waals surface area contributed by atoms with Crippen LogP contribution in [0.25, 0.3) is 40.1 Å². The van der Waals surface area contributed by atoms with Crippen molar-refractivity contribution in [3.8, 4) is 34.3 Å². The fourth-order valence-electron chi connectivity index (χ4n) is 8.43. The average molecular weight is 1220 g/mol. The van der Waals surface area contributed by atoms with Crippen LogP contribution in [0.3, 0.4) is 0 Å². The van der Waals surface area contributed by atoms with Crippen LogP contribution >= 0.6 is 15.9 Å². The number of amides is 2. The van der Waals surface area contributed by atoms with Gasteiger partial charge in [0.2, 0.25) is 5.78 Å². The first-order chi connectivity index (χ1) is 39.2. The summed E-state index contributed by atoms with van der Waals surface area (Å²) in [6.07, 6.45) is 3.41. The smallest absolute Gasteiger partial charge is 1.00 e. The first-order valence-electron chi connectivity index (χ1n) is 24.5. The molecule has 0 fully saturated rings. The van der Waals surface area contributed by atoms with E-state index in [1.165, 1.54) is 0 Å². The van der Waals surface area contributed by atoms with Crippen LogP contribution in [0.4, 0.5) is 18.4 Å². The summed E-state index contributed by atoms with van der Waals surface area (Å²) >= 11 is 2.87. The third kappa shape index (κ3) is 16.1. The number of carbonyl (C=O) groups excluding carboxylic acids is 4. The Kier molecular flexibility index (Phi) is 25.8. The van der Waals surface area contributed by atoms with Gasteiger partial charge in [0.15, 0.2) is 40.6 Å². The number of primary amides is 1. The number of Topliss-reactive ketones (excluding diaryl/α,β-unsaturated/α-hetero) is 1. The zero-order valence-electron chi connectivity index (χ0n) is 45.3. The van der Waals surface area contributed by atoms with Crippen LogP contribution in [0.2, 0.25) is 0 Å². The summed E-state index contributed by atoms with van der Waals surface area (Å²) < 4.78 is 58.0. The third-order valence-corrected chi connectivity index (χ3v) is 12.0. The van der Waals surface area contributed by atoms with E-state index in [1.807, 2.05) is 232 Å². The Bertz CT molecular complexity index is 3620. The molecule has 82 heavy (non-hydrogen) atoms. The van der Waals surface area contributed by atoms with Gasteiger partial charge in [0.05, 0.1) is 40.8 Å². The van der Waals surface area contributed by atoms with Crippen molar-refractivity contribution in [2.45, 2.75) is 6.10 Å². The van der Waals surface area contributed by atoms with Crippen LogP contribution in [-0.4, -0.2) is 63.4 Å². The molecule has 0 spiro atoms. The molecule has 16 nitrogen and oxygen atoms in total. The molecule has 0 aliphatic carbocycles. The standard InChI is InChI=1S/C21H17FN2O3.C19H14N2O3.C18H13NO2.C2H4BrF.CH2O3.2K.H/c22-12-13-23-21(25)27-20-17-10-6-14-24(17)16-9-4-5-11-18(16)26-19(20)15-7-2-1-3-8-15;20-19(22)24-18-15-10-6-12-21(15)14-9-4-5-11-16(14)23-17(18)13-7-2-1-3-8-13;20-17-15-10-6-12-19(15)14-9-4-5-11-16(14)21-18(17)13-7-2-1-3-8-13;3-1-2-4;2-1-4-3;;;/h1-11,14H,12-13H2,(H,23,25);1-12H,(H2,20,22);1-12,18H;1-2H2;1,3H;;;/q;;;;;2*+1;-1/p-1/i22-1;;;4-1;;;;. The number of ether oxygens (including phenoxy) is 5. The van der Waals surface area contributed by atoms with Crippen molar-refractivity contribution in [3.63, 3.8) is 0 Å². The van der Waals surface area contributed by atoms with Gasteiger partial charge in [0.25, 0.3) is 6.47 Å². The van der Waals surface area contributed by atoms with Crippen molar-refractivity contribution >= 4 is 63.4 Å². The number of carbonyl (C=O) groups is 4. The molecule has 3 aromatic heterocycles. The van der Waals surface area contributed by atoms with Gasteiger partial charge in [-0.25, -0.2) is 14.0 Å². The van der Waals surface area contributed by atoms with E-state index < -0.39 is 25.0 Å². The quantitative estimate of drug-likeness (QED) is 0.0575. The van der Waals surface area contributed by atoms with Crippen molar-refractivity contribution in [3.05, 3.63) is 253 Å². The third-order valence-electron chi connectivity index (χ3n) is 11.7. The van der Waals surface area contributed by atoms with E-state index in [9.17, 15) is 23.2 Å². The number of para-hydroxylation sites is 6. The number of nitrogens with two attached hydrogens (primary N) is 1. The van der Waals surface area contributed by atoms with Crippen LogP contribution < -0.4 is 133 Å². The number of alkyl halides is 3. The van der Waals surface area contributed by atoms with E-state index in [0.29, 0.717) is 45.4 Å². The number of fused-ring (bicyclic) bond motifs is 9. The van der Waals surface area contributed by atoms with Gasteiger partial charge in [-0.1, -0.05) is 143 Å². The molecular weight excluding hydrogens is 1170 g/mol. The molecule has 1 unspecified atom stereocenters. The average Bonchev–Trinajstić information content (AvgIpc) is 4.45. The normalized spacial score (nSPS) is 12.7. The number of hydrogen-bond donors (Lipinski definition) is 2. The molecule has 3 aliphatic rings. The minimum atomic E-state index is -0.888. The minimum absolute atomic E-state index is 0. The molecular formula is C61H50BrF2K2N5O11. The summed E-state index contributed by atoms with van der Waals surface area (Å²) in [6.45, 7) is -1.23. The molecule has 12 rings (SSSR count). The molecule has 9 aromatic rings. The maximum atomic E-state index is 12.8. The number of rotatable bonds is 9.